The molecule has 0 radical (unpaired) electrons. The van der Waals surface area contributed by atoms with Crippen molar-refractivity contribution in [3.05, 3.63) is 49.7 Å². The van der Waals surface area contributed by atoms with Crippen LogP contribution >= 0.6 is 44.1 Å². The zero-order valence-corrected chi connectivity index (χ0v) is 13.6. The average molecular weight is 421 g/mol. The Morgan fingerprint density at radius 1 is 1.15 bits per heavy atom. The van der Waals surface area contributed by atoms with Gasteiger partial charge >= 0.3 is 0 Å². The van der Waals surface area contributed by atoms with Gasteiger partial charge in [0, 0.05) is 16.7 Å². The van der Waals surface area contributed by atoms with Gasteiger partial charge in [0.25, 0.3) is 0 Å². The molecule has 1 N–H and O–H groups in total. The predicted octanol–water partition coefficient (Wildman–Crippen LogP) is 4.89. The number of nitrogens with zero attached hydrogens (tertiary/aromatic N) is 2. The highest BCUT2D eigenvalue weighted by Crippen LogP contribution is 2.26. The van der Waals surface area contributed by atoms with Gasteiger partial charge in [-0.2, -0.15) is 0 Å². The topological polar surface area (TPSA) is 33.6 Å². The van der Waals surface area contributed by atoms with E-state index in [9.17, 15) is 8.78 Å². The standard InChI is InChI=1S/C12H5Br2F2N3S/c13-5-1-9-11(17-4-5)19(12(20)18-9)10-2-6(14)7(15)3-8(10)16/h1-4H,(H,18,20). The lowest BCUT2D eigenvalue weighted by atomic mass is 10.3. The van der Waals surface area contributed by atoms with Crippen molar-refractivity contribution in [2.75, 3.05) is 0 Å². The molecule has 0 atom stereocenters. The highest BCUT2D eigenvalue weighted by Gasteiger charge is 2.15. The lowest BCUT2D eigenvalue weighted by Gasteiger charge is -2.07. The smallest absolute Gasteiger partial charge is 0.184 e. The van der Waals surface area contributed by atoms with Gasteiger partial charge in [0.15, 0.2) is 10.4 Å². The van der Waals surface area contributed by atoms with Crippen molar-refractivity contribution in [1.29, 1.82) is 0 Å². The van der Waals surface area contributed by atoms with E-state index < -0.39 is 11.6 Å². The largest absolute Gasteiger partial charge is 0.329 e. The molecule has 0 bridgehead atoms. The van der Waals surface area contributed by atoms with Crippen molar-refractivity contribution >= 4 is 55.2 Å². The van der Waals surface area contributed by atoms with Crippen LogP contribution in [0.1, 0.15) is 0 Å². The monoisotopic (exact) mass is 419 g/mol. The summed E-state index contributed by atoms with van der Waals surface area (Å²) in [5, 5.41) is 0. The van der Waals surface area contributed by atoms with Crippen molar-refractivity contribution in [2.24, 2.45) is 0 Å². The molecule has 0 fully saturated rings. The number of pyridine rings is 1. The summed E-state index contributed by atoms with van der Waals surface area (Å²) in [5.74, 6) is -1.39. The summed E-state index contributed by atoms with van der Waals surface area (Å²) in [6.45, 7) is 0. The van der Waals surface area contributed by atoms with E-state index >= 15 is 0 Å². The summed E-state index contributed by atoms with van der Waals surface area (Å²) in [6.07, 6.45) is 1.58. The Hall–Kier alpha value is -1.12. The first-order valence-electron chi connectivity index (χ1n) is 5.38. The minimum atomic E-state index is -0.715. The second-order valence-corrected chi connectivity index (χ2v) is 6.16. The normalized spacial score (nSPS) is 11.2. The number of aromatic nitrogens is 3. The lowest BCUT2D eigenvalue weighted by molar-refractivity contribution is 0.574. The summed E-state index contributed by atoms with van der Waals surface area (Å²) in [6, 6.07) is 3.92. The first-order valence-corrected chi connectivity index (χ1v) is 7.38. The van der Waals surface area contributed by atoms with Gasteiger partial charge in [-0.1, -0.05) is 0 Å². The van der Waals surface area contributed by atoms with E-state index in [-0.39, 0.29) is 14.9 Å². The summed E-state index contributed by atoms with van der Waals surface area (Å²) in [4.78, 5) is 7.15. The number of benzene rings is 1. The molecule has 0 aliphatic heterocycles. The molecule has 0 amide bonds. The molecule has 0 aliphatic carbocycles. The maximum absolute atomic E-state index is 14.0. The van der Waals surface area contributed by atoms with E-state index in [4.69, 9.17) is 12.2 Å². The second-order valence-electron chi connectivity index (χ2n) is 4.01. The maximum Gasteiger partial charge on any atom is 0.184 e. The van der Waals surface area contributed by atoms with Crippen LogP contribution in [0.3, 0.4) is 0 Å². The van der Waals surface area contributed by atoms with Crippen LogP contribution in [0.4, 0.5) is 8.78 Å². The van der Waals surface area contributed by atoms with Crippen molar-refractivity contribution in [3.8, 4) is 5.69 Å². The Morgan fingerprint density at radius 2 is 1.90 bits per heavy atom. The van der Waals surface area contributed by atoms with E-state index in [1.54, 1.807) is 12.3 Å². The molecule has 1 aromatic carbocycles. The molecule has 3 rings (SSSR count). The first-order chi connectivity index (χ1) is 9.47. The Balaban J connectivity index is 2.38. The second kappa shape index (κ2) is 5.01. The minimum Gasteiger partial charge on any atom is -0.329 e. The fourth-order valence-corrected chi connectivity index (χ4v) is 2.83. The van der Waals surface area contributed by atoms with Gasteiger partial charge in [-0.05, 0) is 56.2 Å². The number of aromatic amines is 1. The van der Waals surface area contributed by atoms with Crippen LogP contribution in [0, 0.1) is 16.4 Å². The highest BCUT2D eigenvalue weighted by atomic mass is 79.9. The van der Waals surface area contributed by atoms with Crippen molar-refractivity contribution in [2.45, 2.75) is 0 Å². The third kappa shape index (κ3) is 2.21. The van der Waals surface area contributed by atoms with Crippen LogP contribution in [0.25, 0.3) is 16.9 Å². The molecule has 20 heavy (non-hydrogen) atoms. The molecule has 0 unspecified atom stereocenters. The van der Waals surface area contributed by atoms with Crippen LogP contribution in [-0.2, 0) is 0 Å². The van der Waals surface area contributed by atoms with E-state index in [1.807, 2.05) is 0 Å². The number of hydrogen-bond donors (Lipinski definition) is 1. The first kappa shape index (κ1) is 13.8. The number of rotatable bonds is 1. The Morgan fingerprint density at radius 3 is 2.65 bits per heavy atom. The lowest BCUT2D eigenvalue weighted by Crippen LogP contribution is -2.00. The van der Waals surface area contributed by atoms with Gasteiger partial charge in [0.2, 0.25) is 0 Å². The third-order valence-corrected chi connectivity index (χ3v) is 4.05. The van der Waals surface area contributed by atoms with Crippen LogP contribution in [0.2, 0.25) is 0 Å². The fraction of sp³-hybridized carbons (Fsp3) is 0. The molecule has 0 aliphatic rings. The zero-order valence-electron chi connectivity index (χ0n) is 9.62. The number of fused-ring (bicyclic) bond motifs is 1. The number of imidazole rings is 1. The Labute approximate surface area is 133 Å². The molecule has 3 aromatic rings. The molecule has 2 aromatic heterocycles. The Kier molecular flexibility index (Phi) is 3.47. The summed E-state index contributed by atoms with van der Waals surface area (Å²) >= 11 is 11.5. The van der Waals surface area contributed by atoms with Crippen LogP contribution in [-0.4, -0.2) is 14.5 Å². The van der Waals surface area contributed by atoms with Gasteiger partial charge < -0.3 is 4.98 Å². The average Bonchev–Trinajstić information content (AvgIpc) is 2.69. The molecule has 2 heterocycles. The van der Waals surface area contributed by atoms with Gasteiger partial charge in [-0.15, -0.1) is 0 Å². The van der Waals surface area contributed by atoms with Crippen LogP contribution in [0.5, 0.6) is 0 Å². The number of H-pyrrole nitrogens is 1. The maximum atomic E-state index is 14.0. The molecule has 0 saturated carbocycles. The number of halogens is 4. The van der Waals surface area contributed by atoms with Gasteiger partial charge in [0.05, 0.1) is 15.7 Å². The van der Waals surface area contributed by atoms with Gasteiger partial charge in [-0.3, -0.25) is 4.57 Å². The predicted molar refractivity (Wildman–Crippen MR) is 81.6 cm³/mol. The van der Waals surface area contributed by atoms with Crippen LogP contribution in [0.15, 0.2) is 33.3 Å². The SMILES string of the molecule is Fc1cc(F)c(-n2c(=S)[nH]c3cc(Br)cnc32)cc1Br. The molecular weight excluding hydrogens is 416 g/mol. The summed E-state index contributed by atoms with van der Waals surface area (Å²) < 4.78 is 30.0. The number of hydrogen-bond acceptors (Lipinski definition) is 2. The quantitative estimate of drug-likeness (QED) is 0.449. The van der Waals surface area contributed by atoms with E-state index in [0.29, 0.717) is 11.2 Å². The van der Waals surface area contributed by atoms with E-state index in [1.165, 1.54) is 10.6 Å². The highest BCUT2D eigenvalue weighted by molar-refractivity contribution is 9.10. The number of nitrogens with one attached hydrogen (secondary N) is 1. The minimum absolute atomic E-state index is 0.129. The van der Waals surface area contributed by atoms with Crippen molar-refractivity contribution in [1.82, 2.24) is 14.5 Å². The molecule has 0 spiro atoms. The van der Waals surface area contributed by atoms with E-state index in [2.05, 4.69) is 41.8 Å². The summed E-state index contributed by atoms with van der Waals surface area (Å²) in [7, 11) is 0. The van der Waals surface area contributed by atoms with E-state index in [0.717, 1.165) is 10.5 Å². The van der Waals surface area contributed by atoms with Crippen molar-refractivity contribution < 1.29 is 8.78 Å². The van der Waals surface area contributed by atoms with Gasteiger partial charge in [0.1, 0.15) is 11.6 Å². The third-order valence-electron chi connectivity index (χ3n) is 2.72. The molecule has 3 nitrogen and oxygen atoms in total. The fourth-order valence-electron chi connectivity index (χ4n) is 1.88. The van der Waals surface area contributed by atoms with Crippen LogP contribution < -0.4 is 0 Å². The van der Waals surface area contributed by atoms with Gasteiger partial charge in [-0.25, -0.2) is 13.8 Å². The molecule has 8 heteroatoms. The Bertz CT molecular complexity index is 888. The zero-order chi connectivity index (χ0) is 14.4. The molecule has 102 valence electrons. The molecular formula is C12H5Br2F2N3S. The molecule has 0 saturated heterocycles. The summed E-state index contributed by atoms with van der Waals surface area (Å²) in [5.41, 5.74) is 1.25. The van der Waals surface area contributed by atoms with Crippen molar-refractivity contribution in [3.63, 3.8) is 0 Å².